The number of rotatable bonds is 3. The van der Waals surface area contributed by atoms with E-state index in [0.29, 0.717) is 0 Å². The van der Waals surface area contributed by atoms with Gasteiger partial charge in [-0.2, -0.15) is 5.10 Å². The number of thiazole rings is 1. The van der Waals surface area contributed by atoms with Crippen LogP contribution in [0.1, 0.15) is 5.69 Å². The van der Waals surface area contributed by atoms with Crippen molar-refractivity contribution >= 4 is 27.9 Å². The summed E-state index contributed by atoms with van der Waals surface area (Å²) in [5, 5.41) is 13.4. The second-order valence-corrected chi connectivity index (χ2v) is 4.22. The third-order valence-corrected chi connectivity index (χ3v) is 3.03. The van der Waals surface area contributed by atoms with E-state index in [1.165, 1.54) is 0 Å². The molecule has 0 bridgehead atoms. The van der Waals surface area contributed by atoms with Crippen molar-refractivity contribution in [2.24, 2.45) is 0 Å². The molecule has 0 radical (unpaired) electrons. The van der Waals surface area contributed by atoms with Gasteiger partial charge in [0, 0.05) is 16.5 Å². The maximum atomic E-state index is 4.22. The molecule has 4 nitrogen and oxygen atoms in total. The minimum absolute atomic E-state index is 0.753. The number of aromatic amines is 1. The van der Waals surface area contributed by atoms with Gasteiger partial charge < -0.3 is 5.32 Å². The van der Waals surface area contributed by atoms with Crippen LogP contribution < -0.4 is 5.32 Å². The number of hydrogen-bond donors (Lipinski definition) is 2. The van der Waals surface area contributed by atoms with Crippen molar-refractivity contribution in [2.45, 2.75) is 6.54 Å². The van der Waals surface area contributed by atoms with Gasteiger partial charge in [-0.3, -0.25) is 5.10 Å². The van der Waals surface area contributed by atoms with Crippen LogP contribution in [0.5, 0.6) is 0 Å². The Bertz CT molecular complexity index is 585. The summed E-state index contributed by atoms with van der Waals surface area (Å²) in [4.78, 5) is 4.22. The van der Waals surface area contributed by atoms with Gasteiger partial charge in [0.05, 0.1) is 29.5 Å². The van der Waals surface area contributed by atoms with E-state index in [4.69, 9.17) is 0 Å². The Labute approximate surface area is 96.3 Å². The van der Waals surface area contributed by atoms with E-state index in [1.54, 1.807) is 11.3 Å². The first-order valence-corrected chi connectivity index (χ1v) is 5.90. The summed E-state index contributed by atoms with van der Waals surface area (Å²) in [5.74, 6) is 0. The molecule has 3 rings (SSSR count). The molecule has 80 valence electrons. The monoisotopic (exact) mass is 230 g/mol. The van der Waals surface area contributed by atoms with E-state index in [9.17, 15) is 0 Å². The van der Waals surface area contributed by atoms with Crippen LogP contribution in [0, 0.1) is 0 Å². The lowest BCUT2D eigenvalue weighted by Gasteiger charge is -2.03. The van der Waals surface area contributed by atoms with Crippen molar-refractivity contribution in [2.75, 3.05) is 5.32 Å². The van der Waals surface area contributed by atoms with Crippen molar-refractivity contribution < 1.29 is 0 Å². The standard InChI is InChI=1S/C11H10N4S/c1-2-9(3-11-8(1)4-14-15-11)12-5-10-6-16-7-13-10/h1-4,6-7,12H,5H2,(H,14,15). The molecule has 0 amide bonds. The molecule has 2 heterocycles. The maximum absolute atomic E-state index is 4.22. The Morgan fingerprint density at radius 1 is 1.38 bits per heavy atom. The fourth-order valence-electron chi connectivity index (χ4n) is 1.56. The summed E-state index contributed by atoms with van der Waals surface area (Å²) in [7, 11) is 0. The van der Waals surface area contributed by atoms with Gasteiger partial charge in [0.2, 0.25) is 0 Å². The highest BCUT2D eigenvalue weighted by molar-refractivity contribution is 7.07. The molecule has 16 heavy (non-hydrogen) atoms. The van der Waals surface area contributed by atoms with Gasteiger partial charge in [-0.1, -0.05) is 0 Å². The summed E-state index contributed by atoms with van der Waals surface area (Å²) in [6.45, 7) is 0.753. The second kappa shape index (κ2) is 3.94. The molecular formula is C11H10N4S. The van der Waals surface area contributed by atoms with Crippen LogP contribution in [0.2, 0.25) is 0 Å². The van der Waals surface area contributed by atoms with Crippen LogP contribution in [-0.2, 0) is 6.54 Å². The summed E-state index contributed by atoms with van der Waals surface area (Å²) in [6, 6.07) is 6.14. The predicted molar refractivity (Wildman–Crippen MR) is 65.5 cm³/mol. The van der Waals surface area contributed by atoms with Crippen LogP contribution in [0.4, 0.5) is 5.69 Å². The summed E-state index contributed by atoms with van der Waals surface area (Å²) < 4.78 is 0. The largest absolute Gasteiger partial charge is 0.379 e. The zero-order chi connectivity index (χ0) is 10.8. The van der Waals surface area contributed by atoms with Crippen molar-refractivity contribution in [1.29, 1.82) is 0 Å². The van der Waals surface area contributed by atoms with E-state index >= 15 is 0 Å². The molecule has 0 fully saturated rings. The second-order valence-electron chi connectivity index (χ2n) is 3.51. The lowest BCUT2D eigenvalue weighted by atomic mass is 10.2. The molecule has 3 aromatic rings. The molecule has 0 saturated heterocycles. The number of nitrogens with zero attached hydrogens (tertiary/aromatic N) is 2. The summed E-state index contributed by atoms with van der Waals surface area (Å²) in [6.07, 6.45) is 1.82. The van der Waals surface area contributed by atoms with Gasteiger partial charge in [-0.05, 0) is 18.2 Å². The number of fused-ring (bicyclic) bond motifs is 1. The van der Waals surface area contributed by atoms with Crippen molar-refractivity contribution in [3.05, 3.63) is 41.0 Å². The molecule has 2 N–H and O–H groups in total. The van der Waals surface area contributed by atoms with Gasteiger partial charge in [-0.25, -0.2) is 4.98 Å². The minimum Gasteiger partial charge on any atom is -0.379 e. The Hall–Kier alpha value is -1.88. The molecule has 0 aliphatic heterocycles. The third kappa shape index (κ3) is 1.77. The first-order chi connectivity index (χ1) is 7.92. The fourth-order valence-corrected chi connectivity index (χ4v) is 2.12. The van der Waals surface area contributed by atoms with Gasteiger partial charge in [-0.15, -0.1) is 11.3 Å². The molecule has 0 aliphatic rings. The number of H-pyrrole nitrogens is 1. The number of benzene rings is 1. The van der Waals surface area contributed by atoms with Crippen molar-refractivity contribution in [1.82, 2.24) is 15.2 Å². The SMILES string of the molecule is c1nc(CNc2ccc3cn[nH]c3c2)cs1. The normalized spacial score (nSPS) is 10.8. The quantitative estimate of drug-likeness (QED) is 0.727. The lowest BCUT2D eigenvalue weighted by Crippen LogP contribution is -1.98. The van der Waals surface area contributed by atoms with Crippen LogP contribution in [0.15, 0.2) is 35.3 Å². The van der Waals surface area contributed by atoms with E-state index in [-0.39, 0.29) is 0 Å². The Morgan fingerprint density at radius 2 is 2.38 bits per heavy atom. The third-order valence-electron chi connectivity index (χ3n) is 2.40. The van der Waals surface area contributed by atoms with E-state index < -0.39 is 0 Å². The van der Waals surface area contributed by atoms with Gasteiger partial charge in [0.15, 0.2) is 0 Å². The Morgan fingerprint density at radius 3 is 3.25 bits per heavy atom. The number of hydrogen-bond acceptors (Lipinski definition) is 4. The van der Waals surface area contributed by atoms with Crippen LogP contribution in [-0.4, -0.2) is 15.2 Å². The van der Waals surface area contributed by atoms with Crippen molar-refractivity contribution in [3.8, 4) is 0 Å². The first-order valence-electron chi connectivity index (χ1n) is 4.96. The molecule has 0 spiro atoms. The van der Waals surface area contributed by atoms with Crippen LogP contribution in [0.25, 0.3) is 10.9 Å². The number of nitrogens with one attached hydrogen (secondary N) is 2. The number of anilines is 1. The highest BCUT2D eigenvalue weighted by Crippen LogP contribution is 2.17. The Balaban J connectivity index is 1.78. The topological polar surface area (TPSA) is 53.6 Å². The van der Waals surface area contributed by atoms with Crippen LogP contribution in [0.3, 0.4) is 0 Å². The van der Waals surface area contributed by atoms with E-state index in [2.05, 4.69) is 26.6 Å². The van der Waals surface area contributed by atoms with Gasteiger partial charge in [0.1, 0.15) is 0 Å². The fraction of sp³-hybridized carbons (Fsp3) is 0.0909. The predicted octanol–water partition coefficient (Wildman–Crippen LogP) is 2.63. The first kappa shape index (κ1) is 9.35. The lowest BCUT2D eigenvalue weighted by molar-refractivity contribution is 1.07. The molecule has 0 saturated carbocycles. The highest BCUT2D eigenvalue weighted by atomic mass is 32.1. The highest BCUT2D eigenvalue weighted by Gasteiger charge is 1.98. The average molecular weight is 230 g/mol. The molecule has 0 atom stereocenters. The average Bonchev–Trinajstić information content (AvgIpc) is 2.97. The zero-order valence-electron chi connectivity index (χ0n) is 8.47. The summed E-state index contributed by atoms with van der Waals surface area (Å²) in [5.41, 5.74) is 5.03. The van der Waals surface area contributed by atoms with E-state index in [1.807, 2.05) is 29.2 Å². The molecule has 2 aromatic heterocycles. The summed E-state index contributed by atoms with van der Waals surface area (Å²) >= 11 is 1.61. The molecule has 0 unspecified atom stereocenters. The van der Waals surface area contributed by atoms with E-state index in [0.717, 1.165) is 28.8 Å². The maximum Gasteiger partial charge on any atom is 0.0795 e. The Kier molecular flexibility index (Phi) is 2.30. The smallest absolute Gasteiger partial charge is 0.0795 e. The molecule has 5 heteroatoms. The molecule has 0 aliphatic carbocycles. The van der Waals surface area contributed by atoms with Gasteiger partial charge >= 0.3 is 0 Å². The molecular weight excluding hydrogens is 220 g/mol. The van der Waals surface area contributed by atoms with Crippen LogP contribution >= 0.6 is 11.3 Å². The number of aromatic nitrogens is 3. The molecule has 1 aromatic carbocycles. The minimum atomic E-state index is 0.753. The zero-order valence-corrected chi connectivity index (χ0v) is 9.29. The van der Waals surface area contributed by atoms with Crippen molar-refractivity contribution in [3.63, 3.8) is 0 Å². The van der Waals surface area contributed by atoms with Gasteiger partial charge in [0.25, 0.3) is 0 Å².